The fourth-order valence-electron chi connectivity index (χ4n) is 1.91. The average Bonchev–Trinajstić information content (AvgIpc) is 2.66. The standard InChI is InChI=1S/C18H21FO2S/c1-11(7-9-17(19)12(2)10-18(20)21)6-8-16-13(3)14(4)22-15(16)5/h6-10H,1-5H3,(H,20,21)/p-1/b8-6+,11-7+,12-10+,17-9-. The van der Waals surface area contributed by atoms with E-state index in [4.69, 9.17) is 0 Å². The number of halogens is 1. The van der Waals surface area contributed by atoms with E-state index in [9.17, 15) is 14.3 Å². The Morgan fingerprint density at radius 3 is 2.27 bits per heavy atom. The molecule has 1 rings (SSSR count). The summed E-state index contributed by atoms with van der Waals surface area (Å²) >= 11 is 1.76. The summed E-state index contributed by atoms with van der Waals surface area (Å²) in [7, 11) is 0. The Kier molecular flexibility index (Phi) is 6.50. The minimum atomic E-state index is -1.40. The molecule has 0 unspecified atom stereocenters. The number of hydrogen-bond donors (Lipinski definition) is 0. The van der Waals surface area contributed by atoms with Crippen molar-refractivity contribution in [2.75, 3.05) is 0 Å². The van der Waals surface area contributed by atoms with Gasteiger partial charge in [0.05, 0.1) is 5.97 Å². The summed E-state index contributed by atoms with van der Waals surface area (Å²) in [6, 6.07) is 0. The van der Waals surface area contributed by atoms with Crippen molar-refractivity contribution >= 4 is 23.4 Å². The first-order chi connectivity index (χ1) is 10.2. The van der Waals surface area contributed by atoms with Crippen LogP contribution in [0.1, 0.15) is 34.7 Å². The number of aliphatic carboxylic acids is 1. The van der Waals surface area contributed by atoms with Gasteiger partial charge in [0.1, 0.15) is 5.83 Å². The molecule has 0 N–H and O–H groups in total. The van der Waals surface area contributed by atoms with Crippen LogP contribution in [0, 0.1) is 20.8 Å². The molecule has 0 aliphatic carbocycles. The molecule has 2 nitrogen and oxygen atoms in total. The summed E-state index contributed by atoms with van der Waals surface area (Å²) in [5.74, 6) is -1.99. The molecule has 0 radical (unpaired) electrons. The zero-order valence-corrected chi connectivity index (χ0v) is 14.3. The average molecular weight is 319 g/mol. The van der Waals surface area contributed by atoms with Crippen LogP contribution in [0.15, 0.2) is 41.3 Å². The number of carboxylic acids is 1. The van der Waals surface area contributed by atoms with E-state index in [1.807, 2.05) is 19.1 Å². The molecule has 1 aromatic rings. The van der Waals surface area contributed by atoms with Gasteiger partial charge in [-0.05, 0) is 63.5 Å². The molecular formula is C18H20FO2S-. The minimum absolute atomic E-state index is 0.0353. The molecule has 0 aromatic carbocycles. The highest BCUT2D eigenvalue weighted by Crippen LogP contribution is 2.27. The van der Waals surface area contributed by atoms with Gasteiger partial charge in [-0.1, -0.05) is 23.8 Å². The summed E-state index contributed by atoms with van der Waals surface area (Å²) in [6.07, 6.45) is 7.56. The van der Waals surface area contributed by atoms with Gasteiger partial charge in [0.25, 0.3) is 0 Å². The van der Waals surface area contributed by atoms with Crippen LogP contribution >= 0.6 is 11.3 Å². The van der Waals surface area contributed by atoms with Crippen LogP contribution in [0.25, 0.3) is 6.08 Å². The van der Waals surface area contributed by atoms with Gasteiger partial charge in [-0.15, -0.1) is 11.3 Å². The van der Waals surface area contributed by atoms with Gasteiger partial charge in [0, 0.05) is 9.75 Å². The number of aryl methyl sites for hydroxylation is 2. The molecule has 4 heteroatoms. The number of carbonyl (C=O) groups excluding carboxylic acids is 1. The third-order valence-electron chi connectivity index (χ3n) is 3.33. The maximum atomic E-state index is 13.6. The summed E-state index contributed by atoms with van der Waals surface area (Å²) in [4.78, 5) is 12.9. The first-order valence-corrected chi connectivity index (χ1v) is 7.72. The molecule has 1 aromatic heterocycles. The smallest absolute Gasteiger partial charge is 0.126 e. The quantitative estimate of drug-likeness (QED) is 0.603. The number of rotatable bonds is 5. The molecule has 0 amide bonds. The van der Waals surface area contributed by atoms with E-state index in [-0.39, 0.29) is 5.57 Å². The van der Waals surface area contributed by atoms with Gasteiger partial charge in [-0.3, -0.25) is 0 Å². The van der Waals surface area contributed by atoms with Crippen molar-refractivity contribution < 1.29 is 14.3 Å². The molecular weight excluding hydrogens is 299 g/mol. The first-order valence-electron chi connectivity index (χ1n) is 6.90. The lowest BCUT2D eigenvalue weighted by molar-refractivity contribution is -0.297. The molecule has 0 aliphatic rings. The molecule has 0 atom stereocenters. The van der Waals surface area contributed by atoms with Gasteiger partial charge in [-0.2, -0.15) is 0 Å². The molecule has 22 heavy (non-hydrogen) atoms. The molecule has 0 spiro atoms. The fraction of sp³-hybridized carbons (Fsp3) is 0.278. The van der Waals surface area contributed by atoms with Gasteiger partial charge < -0.3 is 9.90 Å². The Hall–Kier alpha value is -1.94. The van der Waals surface area contributed by atoms with E-state index in [1.54, 1.807) is 17.4 Å². The Morgan fingerprint density at radius 2 is 1.77 bits per heavy atom. The van der Waals surface area contributed by atoms with Crippen LogP contribution in [-0.2, 0) is 4.79 Å². The molecule has 0 aliphatic heterocycles. The second-order valence-corrected chi connectivity index (χ2v) is 6.59. The van der Waals surface area contributed by atoms with Crippen LogP contribution in [0.4, 0.5) is 4.39 Å². The molecule has 0 saturated carbocycles. The largest absolute Gasteiger partial charge is 0.545 e. The monoisotopic (exact) mass is 319 g/mol. The molecule has 0 fully saturated rings. The molecule has 118 valence electrons. The van der Waals surface area contributed by atoms with Crippen molar-refractivity contribution in [2.45, 2.75) is 34.6 Å². The predicted octanol–water partition coefficient (Wildman–Crippen LogP) is 4.18. The van der Waals surface area contributed by atoms with E-state index >= 15 is 0 Å². The van der Waals surface area contributed by atoms with Crippen LogP contribution < -0.4 is 5.11 Å². The zero-order chi connectivity index (χ0) is 16.9. The number of allylic oxidation sites excluding steroid dienone is 6. The number of thiophene rings is 1. The summed E-state index contributed by atoms with van der Waals surface area (Å²) < 4.78 is 13.6. The number of hydrogen-bond acceptors (Lipinski definition) is 3. The highest BCUT2D eigenvalue weighted by atomic mass is 32.1. The van der Waals surface area contributed by atoms with Crippen LogP contribution in [0.2, 0.25) is 0 Å². The third kappa shape index (κ3) is 5.11. The molecule has 1 heterocycles. The molecule has 0 saturated heterocycles. The zero-order valence-electron chi connectivity index (χ0n) is 13.5. The van der Waals surface area contributed by atoms with Crippen LogP contribution in [0.3, 0.4) is 0 Å². The lowest BCUT2D eigenvalue weighted by atomic mass is 10.1. The second-order valence-electron chi connectivity index (χ2n) is 5.16. The summed E-state index contributed by atoms with van der Waals surface area (Å²) in [5.41, 5.74) is 3.38. The van der Waals surface area contributed by atoms with Crippen LogP contribution in [-0.4, -0.2) is 5.97 Å². The van der Waals surface area contributed by atoms with Gasteiger partial charge >= 0.3 is 0 Å². The van der Waals surface area contributed by atoms with Gasteiger partial charge in [-0.25, -0.2) is 4.39 Å². The van der Waals surface area contributed by atoms with Gasteiger partial charge in [0.2, 0.25) is 0 Å². The predicted molar refractivity (Wildman–Crippen MR) is 89.3 cm³/mol. The lowest BCUT2D eigenvalue weighted by Gasteiger charge is -1.98. The van der Waals surface area contributed by atoms with E-state index in [2.05, 4.69) is 20.8 Å². The lowest BCUT2D eigenvalue weighted by Crippen LogP contribution is -2.19. The van der Waals surface area contributed by atoms with E-state index in [0.29, 0.717) is 0 Å². The molecule has 0 bridgehead atoms. The minimum Gasteiger partial charge on any atom is -0.545 e. The SMILES string of the molecule is CC(/C=C/c1c(C)sc(C)c1C)=C\C=C(F)\C(C)=C\C(=O)[O-]. The second kappa shape index (κ2) is 7.90. The Bertz CT molecular complexity index is 688. The number of carbonyl (C=O) groups is 1. The first kappa shape index (κ1) is 18.1. The van der Waals surface area contributed by atoms with Crippen molar-refractivity contribution in [1.29, 1.82) is 0 Å². The normalized spacial score (nSPS) is 14.0. The van der Waals surface area contributed by atoms with Crippen molar-refractivity contribution in [3.05, 3.63) is 62.2 Å². The third-order valence-corrected chi connectivity index (χ3v) is 4.47. The summed E-state index contributed by atoms with van der Waals surface area (Å²) in [5, 5.41) is 10.4. The fourth-order valence-corrected chi connectivity index (χ4v) is 2.96. The summed E-state index contributed by atoms with van der Waals surface area (Å²) in [6.45, 7) is 9.52. The Morgan fingerprint density at radius 1 is 1.14 bits per heavy atom. The van der Waals surface area contributed by atoms with E-state index < -0.39 is 11.8 Å². The van der Waals surface area contributed by atoms with Gasteiger partial charge in [0.15, 0.2) is 0 Å². The topological polar surface area (TPSA) is 40.1 Å². The maximum absolute atomic E-state index is 13.6. The maximum Gasteiger partial charge on any atom is 0.126 e. The Labute approximate surface area is 135 Å². The van der Waals surface area contributed by atoms with Crippen molar-refractivity contribution in [2.24, 2.45) is 0 Å². The van der Waals surface area contributed by atoms with Crippen molar-refractivity contribution in [3.8, 4) is 0 Å². The van der Waals surface area contributed by atoms with Crippen LogP contribution in [0.5, 0.6) is 0 Å². The van der Waals surface area contributed by atoms with E-state index in [0.717, 1.165) is 11.6 Å². The van der Waals surface area contributed by atoms with E-state index in [1.165, 1.54) is 33.9 Å². The Balaban J connectivity index is 2.90. The van der Waals surface area contributed by atoms with Crippen molar-refractivity contribution in [1.82, 2.24) is 0 Å². The highest BCUT2D eigenvalue weighted by Gasteiger charge is 2.05. The number of carboxylic acid groups (broad SMARTS) is 1. The highest BCUT2D eigenvalue weighted by molar-refractivity contribution is 7.12. The van der Waals surface area contributed by atoms with Crippen molar-refractivity contribution in [3.63, 3.8) is 0 Å².